The number of hydrogen-bond acceptors (Lipinski definition) is 3. The van der Waals surface area contributed by atoms with Crippen molar-refractivity contribution in [3.05, 3.63) is 35.4 Å². The monoisotopic (exact) mass is 263 g/mol. The number of carbonyl (C=O) groups excluding carboxylic acids is 1. The fourth-order valence-electron chi connectivity index (χ4n) is 1.52. The van der Waals surface area contributed by atoms with E-state index in [4.69, 9.17) is 9.47 Å². The summed E-state index contributed by atoms with van der Waals surface area (Å²) in [4.78, 5) is 11.7. The van der Waals surface area contributed by atoms with E-state index in [2.05, 4.69) is 5.32 Å². The Kier molecular flexibility index (Phi) is 6.09. The molecule has 104 valence electrons. The number of anilines is 1. The minimum atomic E-state index is -0.152. The molecule has 0 saturated carbocycles. The number of carbonyl (C=O) groups is 1. The Morgan fingerprint density at radius 2 is 2.05 bits per heavy atom. The van der Waals surface area contributed by atoms with Crippen molar-refractivity contribution in [2.24, 2.45) is 0 Å². The van der Waals surface area contributed by atoms with Crippen LogP contribution in [0.3, 0.4) is 0 Å². The molecule has 0 aliphatic heterocycles. The average molecular weight is 263 g/mol. The van der Waals surface area contributed by atoms with Gasteiger partial charge >= 0.3 is 0 Å². The van der Waals surface area contributed by atoms with Gasteiger partial charge in [-0.3, -0.25) is 4.79 Å². The van der Waals surface area contributed by atoms with Crippen molar-refractivity contribution in [3.63, 3.8) is 0 Å². The van der Waals surface area contributed by atoms with Crippen molar-refractivity contribution in [1.82, 2.24) is 0 Å². The molecule has 1 amide bonds. The molecule has 0 heterocycles. The van der Waals surface area contributed by atoms with Gasteiger partial charge in [0.05, 0.1) is 12.3 Å². The number of methoxy groups -OCH3 is 1. The summed E-state index contributed by atoms with van der Waals surface area (Å²) in [6, 6.07) is 5.67. The Hall–Kier alpha value is -1.81. The SMILES string of the molecule is COCCOc1cc(C)ccc1NC(=O)C=C(C)C. The lowest BCUT2D eigenvalue weighted by atomic mass is 10.2. The number of rotatable bonds is 6. The van der Waals surface area contributed by atoms with Crippen molar-refractivity contribution < 1.29 is 14.3 Å². The van der Waals surface area contributed by atoms with Crippen molar-refractivity contribution >= 4 is 11.6 Å². The largest absolute Gasteiger partial charge is 0.489 e. The average Bonchev–Trinajstić information content (AvgIpc) is 2.32. The Labute approximate surface area is 114 Å². The van der Waals surface area contributed by atoms with E-state index in [1.54, 1.807) is 13.2 Å². The first-order chi connectivity index (χ1) is 9.02. The summed E-state index contributed by atoms with van der Waals surface area (Å²) in [5.41, 5.74) is 2.70. The van der Waals surface area contributed by atoms with E-state index in [-0.39, 0.29) is 5.91 Å². The quantitative estimate of drug-likeness (QED) is 0.634. The van der Waals surface area contributed by atoms with Crippen LogP contribution in [-0.2, 0) is 9.53 Å². The zero-order valence-electron chi connectivity index (χ0n) is 11.9. The maximum atomic E-state index is 11.7. The number of aryl methyl sites for hydroxylation is 1. The first-order valence-electron chi connectivity index (χ1n) is 6.21. The molecule has 0 fully saturated rings. The van der Waals surface area contributed by atoms with E-state index < -0.39 is 0 Å². The van der Waals surface area contributed by atoms with Crippen LogP contribution in [0, 0.1) is 6.92 Å². The summed E-state index contributed by atoms with van der Waals surface area (Å²) < 4.78 is 10.5. The molecule has 0 aliphatic carbocycles. The van der Waals surface area contributed by atoms with Gasteiger partial charge in [-0.1, -0.05) is 11.6 Å². The minimum absolute atomic E-state index is 0.152. The molecule has 0 radical (unpaired) electrons. The fraction of sp³-hybridized carbons (Fsp3) is 0.400. The first kappa shape index (κ1) is 15.2. The van der Waals surface area contributed by atoms with Crippen LogP contribution in [0.1, 0.15) is 19.4 Å². The number of benzene rings is 1. The summed E-state index contributed by atoms with van der Waals surface area (Å²) in [5, 5.41) is 2.81. The van der Waals surface area contributed by atoms with Crippen LogP contribution in [0.25, 0.3) is 0 Å². The van der Waals surface area contributed by atoms with Crippen molar-refractivity contribution in [3.8, 4) is 5.75 Å². The highest BCUT2D eigenvalue weighted by molar-refractivity contribution is 6.00. The van der Waals surface area contributed by atoms with Crippen molar-refractivity contribution in [1.29, 1.82) is 0 Å². The van der Waals surface area contributed by atoms with Gasteiger partial charge in [-0.05, 0) is 38.5 Å². The minimum Gasteiger partial charge on any atom is -0.489 e. The van der Waals surface area contributed by atoms with Crippen LogP contribution in [0.4, 0.5) is 5.69 Å². The third-order valence-electron chi connectivity index (χ3n) is 2.36. The Morgan fingerprint density at radius 3 is 2.68 bits per heavy atom. The molecule has 1 aromatic rings. The van der Waals surface area contributed by atoms with Gasteiger partial charge in [-0.15, -0.1) is 0 Å². The lowest BCUT2D eigenvalue weighted by molar-refractivity contribution is -0.112. The summed E-state index contributed by atoms with van der Waals surface area (Å²) in [6.07, 6.45) is 1.55. The molecule has 19 heavy (non-hydrogen) atoms. The summed E-state index contributed by atoms with van der Waals surface area (Å²) in [7, 11) is 1.62. The third kappa shape index (κ3) is 5.57. The number of nitrogens with one attached hydrogen (secondary N) is 1. The molecule has 4 nitrogen and oxygen atoms in total. The Bertz CT molecular complexity index is 462. The molecule has 0 unspecified atom stereocenters. The zero-order valence-corrected chi connectivity index (χ0v) is 11.9. The highest BCUT2D eigenvalue weighted by atomic mass is 16.5. The van der Waals surface area contributed by atoms with Gasteiger partial charge in [0.2, 0.25) is 5.91 Å². The van der Waals surface area contributed by atoms with Crippen LogP contribution >= 0.6 is 0 Å². The number of hydrogen-bond donors (Lipinski definition) is 1. The van der Waals surface area contributed by atoms with Crippen LogP contribution in [0.5, 0.6) is 5.75 Å². The molecule has 0 aliphatic rings. The van der Waals surface area contributed by atoms with Gasteiger partial charge in [-0.25, -0.2) is 0 Å². The smallest absolute Gasteiger partial charge is 0.248 e. The first-order valence-corrected chi connectivity index (χ1v) is 6.21. The highest BCUT2D eigenvalue weighted by Gasteiger charge is 2.06. The molecular formula is C15H21NO3. The highest BCUT2D eigenvalue weighted by Crippen LogP contribution is 2.25. The van der Waals surface area contributed by atoms with E-state index in [0.29, 0.717) is 24.7 Å². The normalized spacial score (nSPS) is 9.89. The second-order valence-corrected chi connectivity index (χ2v) is 4.55. The number of allylic oxidation sites excluding steroid dienone is 1. The maximum Gasteiger partial charge on any atom is 0.248 e. The van der Waals surface area contributed by atoms with Gasteiger partial charge in [0.15, 0.2) is 0 Å². The van der Waals surface area contributed by atoms with Crippen LogP contribution < -0.4 is 10.1 Å². The zero-order chi connectivity index (χ0) is 14.3. The lowest BCUT2D eigenvalue weighted by Crippen LogP contribution is -2.11. The number of ether oxygens (including phenoxy) is 2. The molecule has 0 atom stereocenters. The molecule has 1 rings (SSSR count). The summed E-state index contributed by atoms with van der Waals surface area (Å²) in [5.74, 6) is 0.507. The third-order valence-corrected chi connectivity index (χ3v) is 2.36. The predicted molar refractivity (Wildman–Crippen MR) is 76.6 cm³/mol. The second-order valence-electron chi connectivity index (χ2n) is 4.55. The summed E-state index contributed by atoms with van der Waals surface area (Å²) in [6.45, 7) is 6.70. The molecule has 0 aromatic heterocycles. The molecule has 4 heteroatoms. The Morgan fingerprint density at radius 1 is 1.32 bits per heavy atom. The molecule has 0 saturated heterocycles. The predicted octanol–water partition coefficient (Wildman–Crippen LogP) is 2.92. The maximum absolute atomic E-state index is 11.7. The molecule has 1 N–H and O–H groups in total. The van der Waals surface area contributed by atoms with Gasteiger partial charge in [0.1, 0.15) is 12.4 Å². The van der Waals surface area contributed by atoms with E-state index in [1.807, 2.05) is 39.0 Å². The van der Waals surface area contributed by atoms with Gasteiger partial charge in [-0.2, -0.15) is 0 Å². The van der Waals surface area contributed by atoms with E-state index in [9.17, 15) is 4.79 Å². The molecule has 1 aromatic carbocycles. The molecule has 0 spiro atoms. The molecular weight excluding hydrogens is 242 g/mol. The van der Waals surface area contributed by atoms with Gasteiger partial charge < -0.3 is 14.8 Å². The van der Waals surface area contributed by atoms with Crippen LogP contribution in [0.2, 0.25) is 0 Å². The lowest BCUT2D eigenvalue weighted by Gasteiger charge is -2.12. The topological polar surface area (TPSA) is 47.6 Å². The van der Waals surface area contributed by atoms with Crippen LogP contribution in [-0.4, -0.2) is 26.2 Å². The molecule has 0 bridgehead atoms. The van der Waals surface area contributed by atoms with E-state index in [1.165, 1.54) is 0 Å². The van der Waals surface area contributed by atoms with Crippen molar-refractivity contribution in [2.75, 3.05) is 25.6 Å². The van der Waals surface area contributed by atoms with Gasteiger partial charge in [0.25, 0.3) is 0 Å². The standard InChI is InChI=1S/C15H21NO3/c1-11(2)9-15(17)16-13-6-5-12(3)10-14(13)19-8-7-18-4/h5-6,9-10H,7-8H2,1-4H3,(H,16,17). The van der Waals surface area contributed by atoms with Crippen molar-refractivity contribution in [2.45, 2.75) is 20.8 Å². The fourth-order valence-corrected chi connectivity index (χ4v) is 1.52. The van der Waals surface area contributed by atoms with Crippen LogP contribution in [0.15, 0.2) is 29.8 Å². The Balaban J connectivity index is 2.81. The number of amides is 1. The summed E-state index contributed by atoms with van der Waals surface area (Å²) >= 11 is 0. The van der Waals surface area contributed by atoms with E-state index >= 15 is 0 Å². The van der Waals surface area contributed by atoms with Gasteiger partial charge in [0, 0.05) is 13.2 Å². The van der Waals surface area contributed by atoms with E-state index in [0.717, 1.165) is 11.1 Å². The second kappa shape index (κ2) is 7.59.